The quantitative estimate of drug-likeness (QED) is 0.461. The van der Waals surface area contributed by atoms with Gasteiger partial charge in [0.05, 0.1) is 21.3 Å². The molecule has 0 saturated carbocycles. The van der Waals surface area contributed by atoms with E-state index in [4.69, 9.17) is 14.2 Å². The van der Waals surface area contributed by atoms with Crippen LogP contribution in [0.5, 0.6) is 17.2 Å². The molecule has 0 aliphatic carbocycles. The van der Waals surface area contributed by atoms with Gasteiger partial charge < -0.3 is 28.9 Å². The SMILES string of the molecule is COc1cc(C=CC(=O)N2CCN(C(=C=O)N3CCCCCCC3)CC2)cc(OC)c1OC. The summed E-state index contributed by atoms with van der Waals surface area (Å²) in [4.78, 5) is 30.6. The molecule has 0 atom stereocenters. The first-order valence-electron chi connectivity index (χ1n) is 11.6. The van der Waals surface area contributed by atoms with Crippen LogP contribution < -0.4 is 14.2 Å². The number of piperazine rings is 1. The zero-order chi connectivity index (χ0) is 23.6. The average molecular weight is 458 g/mol. The van der Waals surface area contributed by atoms with Crippen LogP contribution in [0.3, 0.4) is 0 Å². The molecule has 1 aromatic carbocycles. The third-order valence-electron chi connectivity index (χ3n) is 6.24. The van der Waals surface area contributed by atoms with E-state index >= 15 is 0 Å². The van der Waals surface area contributed by atoms with Gasteiger partial charge in [-0.3, -0.25) is 4.79 Å². The summed E-state index contributed by atoms with van der Waals surface area (Å²) in [6.45, 7) is 4.20. The minimum absolute atomic E-state index is 0.0636. The molecule has 33 heavy (non-hydrogen) atoms. The molecule has 0 bridgehead atoms. The van der Waals surface area contributed by atoms with Crippen molar-refractivity contribution in [1.29, 1.82) is 0 Å². The Kier molecular flexibility index (Phi) is 9.07. The molecule has 2 fully saturated rings. The zero-order valence-corrected chi connectivity index (χ0v) is 20.0. The number of carbonyl (C=O) groups is 1. The van der Waals surface area contributed by atoms with Gasteiger partial charge in [-0.1, -0.05) is 19.3 Å². The third kappa shape index (κ3) is 6.23. The van der Waals surface area contributed by atoms with E-state index in [1.807, 2.05) is 0 Å². The van der Waals surface area contributed by atoms with E-state index in [0.717, 1.165) is 31.5 Å². The number of hydrogen-bond donors (Lipinski definition) is 0. The fraction of sp³-hybridized carbons (Fsp3) is 0.560. The van der Waals surface area contributed by atoms with E-state index in [9.17, 15) is 9.59 Å². The summed E-state index contributed by atoms with van der Waals surface area (Å²) in [7, 11) is 4.67. The number of amides is 1. The highest BCUT2D eigenvalue weighted by molar-refractivity contribution is 5.92. The molecule has 0 radical (unpaired) electrons. The molecule has 0 N–H and O–H groups in total. The Morgan fingerprint density at radius 1 is 0.788 bits per heavy atom. The van der Waals surface area contributed by atoms with Crippen molar-refractivity contribution in [2.75, 3.05) is 60.6 Å². The molecular weight excluding hydrogens is 422 g/mol. The first kappa shape index (κ1) is 24.5. The van der Waals surface area contributed by atoms with Crippen molar-refractivity contribution in [3.05, 3.63) is 29.6 Å². The first-order valence-corrected chi connectivity index (χ1v) is 11.6. The van der Waals surface area contributed by atoms with Gasteiger partial charge >= 0.3 is 0 Å². The lowest BCUT2D eigenvalue weighted by Crippen LogP contribution is -2.50. The summed E-state index contributed by atoms with van der Waals surface area (Å²) >= 11 is 0. The number of nitrogens with zero attached hydrogens (tertiary/aromatic N) is 3. The van der Waals surface area contributed by atoms with E-state index < -0.39 is 0 Å². The van der Waals surface area contributed by atoms with Crippen LogP contribution in [0.15, 0.2) is 24.0 Å². The molecule has 2 saturated heterocycles. The second-order valence-electron chi connectivity index (χ2n) is 8.28. The number of likely N-dealkylation sites (tertiary alicyclic amines) is 1. The maximum Gasteiger partial charge on any atom is 0.246 e. The maximum atomic E-state index is 12.8. The largest absolute Gasteiger partial charge is 0.493 e. The smallest absolute Gasteiger partial charge is 0.246 e. The van der Waals surface area contributed by atoms with Crippen molar-refractivity contribution in [1.82, 2.24) is 14.7 Å². The number of methoxy groups -OCH3 is 3. The summed E-state index contributed by atoms with van der Waals surface area (Å²) < 4.78 is 16.1. The molecule has 2 aliphatic rings. The van der Waals surface area contributed by atoms with Gasteiger partial charge in [0, 0.05) is 45.3 Å². The fourth-order valence-corrected chi connectivity index (χ4v) is 4.40. The zero-order valence-electron chi connectivity index (χ0n) is 20.0. The van der Waals surface area contributed by atoms with Gasteiger partial charge in [0.15, 0.2) is 23.3 Å². The van der Waals surface area contributed by atoms with E-state index in [-0.39, 0.29) is 5.91 Å². The molecule has 2 heterocycles. The topological polar surface area (TPSA) is 71.6 Å². The number of carbonyl (C=O) groups excluding carboxylic acids is 2. The Morgan fingerprint density at radius 2 is 1.30 bits per heavy atom. The summed E-state index contributed by atoms with van der Waals surface area (Å²) in [6, 6.07) is 3.60. The normalized spacial score (nSPS) is 17.2. The minimum atomic E-state index is -0.0636. The van der Waals surface area contributed by atoms with Crippen LogP contribution in [0.1, 0.15) is 37.7 Å². The van der Waals surface area contributed by atoms with Crippen molar-refractivity contribution in [2.24, 2.45) is 0 Å². The Morgan fingerprint density at radius 3 is 1.82 bits per heavy atom. The number of ether oxygens (including phenoxy) is 3. The van der Waals surface area contributed by atoms with Crippen molar-refractivity contribution in [2.45, 2.75) is 32.1 Å². The lowest BCUT2D eigenvalue weighted by molar-refractivity contribution is -0.127. The monoisotopic (exact) mass is 457 g/mol. The molecule has 0 unspecified atom stereocenters. The van der Waals surface area contributed by atoms with Crippen LogP contribution in [-0.4, -0.2) is 87.1 Å². The van der Waals surface area contributed by atoms with Gasteiger partial charge in [-0.25, -0.2) is 4.79 Å². The number of rotatable bonds is 7. The van der Waals surface area contributed by atoms with Crippen molar-refractivity contribution in [3.8, 4) is 17.2 Å². The van der Waals surface area contributed by atoms with E-state index in [0.29, 0.717) is 49.2 Å². The van der Waals surface area contributed by atoms with Crippen molar-refractivity contribution in [3.63, 3.8) is 0 Å². The van der Waals surface area contributed by atoms with Gasteiger partial charge in [0.1, 0.15) is 0 Å². The Bertz CT molecular complexity index is 853. The Balaban J connectivity index is 1.60. The van der Waals surface area contributed by atoms with Gasteiger partial charge in [0.2, 0.25) is 11.7 Å². The van der Waals surface area contributed by atoms with E-state index in [1.165, 1.54) is 19.3 Å². The van der Waals surface area contributed by atoms with Crippen LogP contribution in [0.2, 0.25) is 0 Å². The second kappa shape index (κ2) is 12.2. The lowest BCUT2D eigenvalue weighted by atomic mass is 10.1. The minimum Gasteiger partial charge on any atom is -0.493 e. The van der Waals surface area contributed by atoms with Crippen LogP contribution >= 0.6 is 0 Å². The van der Waals surface area contributed by atoms with Crippen LogP contribution in [-0.2, 0) is 9.59 Å². The van der Waals surface area contributed by atoms with Crippen LogP contribution in [0.4, 0.5) is 0 Å². The summed E-state index contributed by atoms with van der Waals surface area (Å²) in [6.07, 6.45) is 9.22. The second-order valence-corrected chi connectivity index (χ2v) is 8.28. The van der Waals surface area contributed by atoms with E-state index in [1.54, 1.807) is 50.5 Å². The number of hydrogen-bond acceptors (Lipinski definition) is 7. The molecule has 1 aromatic rings. The molecule has 8 heteroatoms. The van der Waals surface area contributed by atoms with Gasteiger partial charge in [0.25, 0.3) is 0 Å². The van der Waals surface area contributed by atoms with Gasteiger partial charge in [-0.2, -0.15) is 0 Å². The predicted octanol–water partition coefficient (Wildman–Crippen LogP) is 2.81. The first-order chi connectivity index (χ1) is 16.1. The molecule has 3 rings (SSSR count). The highest BCUT2D eigenvalue weighted by atomic mass is 16.5. The molecular formula is C25H35N3O5. The molecule has 2 aliphatic heterocycles. The average Bonchev–Trinajstić information content (AvgIpc) is 2.83. The molecule has 180 valence electrons. The summed E-state index contributed by atoms with van der Waals surface area (Å²) in [5, 5.41) is 0. The molecule has 0 aromatic heterocycles. The lowest BCUT2D eigenvalue weighted by Gasteiger charge is -2.39. The summed E-state index contributed by atoms with van der Waals surface area (Å²) in [5.41, 5.74) is 0.778. The van der Waals surface area contributed by atoms with Gasteiger partial charge in [-0.15, -0.1) is 0 Å². The number of benzene rings is 1. The van der Waals surface area contributed by atoms with Crippen LogP contribution in [0, 0.1) is 0 Å². The van der Waals surface area contributed by atoms with E-state index in [2.05, 4.69) is 15.7 Å². The van der Waals surface area contributed by atoms with Crippen molar-refractivity contribution >= 4 is 17.9 Å². The third-order valence-corrected chi connectivity index (χ3v) is 6.24. The Hall–Kier alpha value is -3.12. The predicted molar refractivity (Wildman–Crippen MR) is 127 cm³/mol. The summed E-state index contributed by atoms with van der Waals surface area (Å²) in [5.74, 6) is 4.35. The van der Waals surface area contributed by atoms with Gasteiger partial charge in [-0.05, 0) is 36.6 Å². The standard InChI is InChI=1S/C25H35N3O5/c1-31-21-17-20(18-22(32-2)25(21)33-3)9-10-24(30)28-15-13-27(14-16-28)23(19-29)26-11-7-5-4-6-8-12-26/h9-10,17-18H,4-8,11-16H2,1-3H3. The maximum absolute atomic E-state index is 12.8. The Labute approximate surface area is 196 Å². The molecule has 8 nitrogen and oxygen atoms in total. The van der Waals surface area contributed by atoms with Crippen molar-refractivity contribution < 1.29 is 23.8 Å². The highest BCUT2D eigenvalue weighted by Crippen LogP contribution is 2.38. The fourth-order valence-electron chi connectivity index (χ4n) is 4.40. The molecule has 0 spiro atoms. The van der Waals surface area contributed by atoms with Crippen LogP contribution in [0.25, 0.3) is 6.08 Å². The molecule has 1 amide bonds. The highest BCUT2D eigenvalue weighted by Gasteiger charge is 2.25.